The highest BCUT2D eigenvalue weighted by Gasteiger charge is 2.40. The molecule has 0 saturated heterocycles. The third-order valence-corrected chi connectivity index (χ3v) is 6.15. The van der Waals surface area contributed by atoms with Crippen LogP contribution in [0.15, 0.2) is 12.1 Å². The summed E-state index contributed by atoms with van der Waals surface area (Å²) in [4.78, 5) is 16.1. The fourth-order valence-electron chi connectivity index (χ4n) is 3.97. The molecule has 2 aliphatic rings. The van der Waals surface area contributed by atoms with Crippen LogP contribution in [0.5, 0.6) is 0 Å². The van der Waals surface area contributed by atoms with Crippen LogP contribution in [0.4, 0.5) is 22.0 Å². The summed E-state index contributed by atoms with van der Waals surface area (Å²) in [5.41, 5.74) is -1.18. The van der Waals surface area contributed by atoms with E-state index >= 15 is 0 Å². The molecule has 2 fully saturated rings. The lowest BCUT2D eigenvalue weighted by Gasteiger charge is -2.28. The zero-order valence-corrected chi connectivity index (χ0v) is 16.8. The maximum atomic E-state index is 13.7. The Morgan fingerprint density at radius 3 is 2.43 bits per heavy atom. The zero-order chi connectivity index (χ0) is 21.7. The summed E-state index contributed by atoms with van der Waals surface area (Å²) >= 11 is 6.27. The molecule has 0 radical (unpaired) electrons. The standard InChI is InChI=1S/C20H21ClF5N3O/c21-15-8-13(18(30)27-10-12-1-2-12)9-16-28-17(20(24,25)26)14(29(15)16)7-11-3-5-19(22,23)6-4-11/h8-9,11-12H,1-7,10H2,(H,27,30). The van der Waals surface area contributed by atoms with E-state index in [-0.39, 0.29) is 60.1 Å². The van der Waals surface area contributed by atoms with Gasteiger partial charge in [-0.3, -0.25) is 9.20 Å². The fourth-order valence-corrected chi connectivity index (χ4v) is 4.27. The molecule has 2 aromatic rings. The van der Waals surface area contributed by atoms with Gasteiger partial charge in [-0.1, -0.05) is 11.6 Å². The fraction of sp³-hybridized carbons (Fsp3) is 0.600. The SMILES string of the molecule is O=C(NCC1CC1)c1cc(Cl)n2c(CC3CCC(F)(F)CC3)c(C(F)(F)F)nc2c1. The molecule has 0 aliphatic heterocycles. The van der Waals surface area contributed by atoms with E-state index in [9.17, 15) is 26.7 Å². The van der Waals surface area contributed by atoms with Gasteiger partial charge in [0.2, 0.25) is 5.92 Å². The van der Waals surface area contributed by atoms with Crippen LogP contribution in [-0.4, -0.2) is 27.8 Å². The number of nitrogens with zero attached hydrogens (tertiary/aromatic N) is 2. The van der Waals surface area contributed by atoms with Crippen molar-refractivity contribution in [3.63, 3.8) is 0 Å². The van der Waals surface area contributed by atoms with Gasteiger partial charge in [0.05, 0.1) is 5.69 Å². The quantitative estimate of drug-likeness (QED) is 0.483. The number of carbonyl (C=O) groups is 1. The Labute approximate surface area is 174 Å². The summed E-state index contributed by atoms with van der Waals surface area (Å²) in [7, 11) is 0. The number of rotatable bonds is 5. The Bertz CT molecular complexity index is 957. The van der Waals surface area contributed by atoms with Crippen LogP contribution in [0.3, 0.4) is 0 Å². The first kappa shape index (κ1) is 21.3. The Morgan fingerprint density at radius 2 is 1.83 bits per heavy atom. The van der Waals surface area contributed by atoms with Gasteiger partial charge in [0, 0.05) is 24.9 Å². The van der Waals surface area contributed by atoms with E-state index in [0.29, 0.717) is 12.5 Å². The Morgan fingerprint density at radius 1 is 1.17 bits per heavy atom. The predicted molar refractivity (Wildman–Crippen MR) is 101 cm³/mol. The second kappa shape index (κ2) is 7.66. The number of nitrogens with one attached hydrogen (secondary N) is 1. The van der Waals surface area contributed by atoms with Gasteiger partial charge in [-0.05, 0) is 56.1 Å². The summed E-state index contributed by atoms with van der Waals surface area (Å²) in [6.07, 6.45) is -3.09. The summed E-state index contributed by atoms with van der Waals surface area (Å²) in [6.45, 7) is 0.515. The topological polar surface area (TPSA) is 46.4 Å². The molecule has 1 N–H and O–H groups in total. The molecule has 4 rings (SSSR count). The molecule has 0 atom stereocenters. The van der Waals surface area contributed by atoms with E-state index in [4.69, 9.17) is 11.6 Å². The van der Waals surface area contributed by atoms with Crippen molar-refractivity contribution in [2.75, 3.05) is 6.54 Å². The molecule has 0 aromatic carbocycles. The van der Waals surface area contributed by atoms with Gasteiger partial charge in [0.25, 0.3) is 5.91 Å². The third kappa shape index (κ3) is 4.55. The Hall–Kier alpha value is -1.90. The molecule has 4 nitrogen and oxygen atoms in total. The van der Waals surface area contributed by atoms with Gasteiger partial charge >= 0.3 is 6.18 Å². The first-order valence-corrected chi connectivity index (χ1v) is 10.4. The monoisotopic (exact) mass is 449 g/mol. The van der Waals surface area contributed by atoms with Gasteiger partial charge < -0.3 is 5.32 Å². The minimum absolute atomic E-state index is 0.0565. The van der Waals surface area contributed by atoms with Crippen molar-refractivity contribution in [3.8, 4) is 0 Å². The van der Waals surface area contributed by atoms with E-state index < -0.39 is 23.7 Å². The van der Waals surface area contributed by atoms with Gasteiger partial charge in [0.15, 0.2) is 5.69 Å². The summed E-state index contributed by atoms with van der Waals surface area (Å²) < 4.78 is 69.0. The minimum Gasteiger partial charge on any atom is -0.352 e. The van der Waals surface area contributed by atoms with Crippen molar-refractivity contribution >= 4 is 23.2 Å². The number of pyridine rings is 1. The Balaban J connectivity index is 1.66. The van der Waals surface area contributed by atoms with Gasteiger partial charge in [-0.15, -0.1) is 0 Å². The van der Waals surface area contributed by atoms with E-state index in [0.717, 1.165) is 12.8 Å². The average Bonchev–Trinajstić information content (AvgIpc) is 3.40. The maximum absolute atomic E-state index is 13.7. The van der Waals surface area contributed by atoms with Crippen molar-refractivity contribution in [3.05, 3.63) is 34.2 Å². The second-order valence-corrected chi connectivity index (χ2v) is 8.71. The van der Waals surface area contributed by atoms with E-state index in [1.54, 1.807) is 0 Å². The molecular formula is C20H21ClF5N3O. The lowest BCUT2D eigenvalue weighted by Crippen LogP contribution is -2.26. The molecule has 30 heavy (non-hydrogen) atoms. The number of fused-ring (bicyclic) bond motifs is 1. The van der Waals surface area contributed by atoms with Crippen LogP contribution in [0.25, 0.3) is 5.65 Å². The van der Waals surface area contributed by atoms with Crippen molar-refractivity contribution < 1.29 is 26.7 Å². The second-order valence-electron chi connectivity index (χ2n) is 8.32. The number of hydrogen-bond acceptors (Lipinski definition) is 2. The number of aromatic nitrogens is 2. The molecule has 1 amide bonds. The molecular weight excluding hydrogens is 429 g/mol. The number of hydrogen-bond donors (Lipinski definition) is 1. The van der Waals surface area contributed by atoms with Crippen LogP contribution in [0.1, 0.15) is 60.3 Å². The van der Waals surface area contributed by atoms with Crippen molar-refractivity contribution in [1.29, 1.82) is 0 Å². The number of halogens is 6. The number of carbonyl (C=O) groups excluding carboxylic acids is 1. The van der Waals surface area contributed by atoms with Gasteiger partial charge in [-0.2, -0.15) is 13.2 Å². The molecule has 2 aromatic heterocycles. The molecule has 2 aliphatic carbocycles. The number of amides is 1. The highest BCUT2D eigenvalue weighted by molar-refractivity contribution is 6.30. The van der Waals surface area contributed by atoms with Crippen LogP contribution in [-0.2, 0) is 12.6 Å². The minimum atomic E-state index is -4.72. The highest BCUT2D eigenvalue weighted by atomic mass is 35.5. The summed E-state index contributed by atoms with van der Waals surface area (Å²) in [6, 6.07) is 2.60. The largest absolute Gasteiger partial charge is 0.435 e. The van der Waals surface area contributed by atoms with Crippen molar-refractivity contribution in [2.45, 2.75) is 57.0 Å². The number of alkyl halides is 5. The third-order valence-electron chi connectivity index (χ3n) is 5.87. The van der Waals surface area contributed by atoms with Crippen LogP contribution >= 0.6 is 11.6 Å². The molecule has 2 heterocycles. The summed E-state index contributed by atoms with van der Waals surface area (Å²) in [5.74, 6) is -3.04. The van der Waals surface area contributed by atoms with Crippen molar-refractivity contribution in [2.24, 2.45) is 11.8 Å². The smallest absolute Gasteiger partial charge is 0.352 e. The molecule has 0 bridgehead atoms. The molecule has 10 heteroatoms. The van der Waals surface area contributed by atoms with Crippen molar-refractivity contribution in [1.82, 2.24) is 14.7 Å². The molecule has 164 valence electrons. The predicted octanol–water partition coefficient (Wildman–Crippen LogP) is 5.51. The van der Waals surface area contributed by atoms with E-state index in [2.05, 4.69) is 10.3 Å². The average molecular weight is 450 g/mol. The molecule has 0 spiro atoms. The van der Waals surface area contributed by atoms with E-state index in [1.165, 1.54) is 16.5 Å². The van der Waals surface area contributed by atoms with E-state index in [1.807, 2.05) is 0 Å². The van der Waals surface area contributed by atoms with Gasteiger partial charge in [0.1, 0.15) is 10.8 Å². The molecule has 2 saturated carbocycles. The number of imidazole rings is 1. The summed E-state index contributed by atoms with van der Waals surface area (Å²) in [5, 5.41) is 2.68. The van der Waals surface area contributed by atoms with Crippen LogP contribution in [0, 0.1) is 11.8 Å². The first-order valence-electron chi connectivity index (χ1n) is 9.97. The normalized spacial score (nSPS) is 19.9. The maximum Gasteiger partial charge on any atom is 0.435 e. The zero-order valence-electron chi connectivity index (χ0n) is 16.0. The van der Waals surface area contributed by atoms with Gasteiger partial charge in [-0.25, -0.2) is 13.8 Å². The van der Waals surface area contributed by atoms with Crippen LogP contribution in [0.2, 0.25) is 5.15 Å². The highest BCUT2D eigenvalue weighted by Crippen LogP contribution is 2.40. The molecule has 0 unspecified atom stereocenters. The lowest BCUT2D eigenvalue weighted by molar-refractivity contribution is -0.141. The lowest BCUT2D eigenvalue weighted by atomic mass is 9.83. The van der Waals surface area contributed by atoms with Crippen LogP contribution < -0.4 is 5.32 Å². The first-order chi connectivity index (χ1) is 14.0. The Kier molecular flexibility index (Phi) is 5.45.